The van der Waals surface area contributed by atoms with Gasteiger partial charge in [-0.2, -0.15) is 11.8 Å². The molecule has 0 radical (unpaired) electrons. The van der Waals surface area contributed by atoms with Crippen molar-refractivity contribution in [3.63, 3.8) is 0 Å². The van der Waals surface area contributed by atoms with Gasteiger partial charge in [0.2, 0.25) is 0 Å². The molecule has 2 heteroatoms. The van der Waals surface area contributed by atoms with E-state index in [4.69, 9.17) is 5.73 Å². The SMILES string of the molecule is CC(C)(CN)CSC1CCCCC1. The van der Waals surface area contributed by atoms with E-state index in [9.17, 15) is 0 Å². The first kappa shape index (κ1) is 11.4. The Bertz CT molecular complexity index is 139. The smallest absolute Gasteiger partial charge is 0.00472 e. The fourth-order valence-electron chi connectivity index (χ4n) is 1.63. The van der Waals surface area contributed by atoms with Crippen molar-refractivity contribution in [2.24, 2.45) is 11.1 Å². The molecule has 1 nitrogen and oxygen atoms in total. The molecule has 78 valence electrons. The Morgan fingerprint density at radius 3 is 2.38 bits per heavy atom. The molecule has 1 rings (SSSR count). The molecule has 0 aromatic carbocycles. The van der Waals surface area contributed by atoms with Crippen LogP contribution in [0.5, 0.6) is 0 Å². The highest BCUT2D eigenvalue weighted by atomic mass is 32.2. The summed E-state index contributed by atoms with van der Waals surface area (Å²) in [5.41, 5.74) is 6.04. The van der Waals surface area contributed by atoms with E-state index in [1.165, 1.54) is 37.9 Å². The molecule has 0 atom stereocenters. The van der Waals surface area contributed by atoms with Crippen LogP contribution in [0.15, 0.2) is 0 Å². The second-order valence-corrected chi connectivity index (χ2v) is 6.23. The van der Waals surface area contributed by atoms with Crippen molar-refractivity contribution in [1.82, 2.24) is 0 Å². The summed E-state index contributed by atoms with van der Waals surface area (Å²) in [6.07, 6.45) is 7.22. The topological polar surface area (TPSA) is 26.0 Å². The van der Waals surface area contributed by atoms with Crippen molar-refractivity contribution < 1.29 is 0 Å². The normalized spacial score (nSPS) is 20.5. The van der Waals surface area contributed by atoms with Crippen LogP contribution in [0.3, 0.4) is 0 Å². The minimum atomic E-state index is 0.335. The molecule has 0 aromatic heterocycles. The lowest BCUT2D eigenvalue weighted by Gasteiger charge is -2.27. The van der Waals surface area contributed by atoms with Crippen molar-refractivity contribution >= 4 is 11.8 Å². The summed E-state index contributed by atoms with van der Waals surface area (Å²) < 4.78 is 0. The first-order valence-corrected chi connectivity index (χ1v) is 6.50. The summed E-state index contributed by atoms with van der Waals surface area (Å²) in [5, 5.41) is 0.930. The lowest BCUT2D eigenvalue weighted by molar-refractivity contribution is 0.435. The van der Waals surface area contributed by atoms with Gasteiger partial charge in [-0.25, -0.2) is 0 Å². The Morgan fingerprint density at radius 2 is 1.85 bits per heavy atom. The predicted octanol–water partition coefficient (Wildman–Crippen LogP) is 3.04. The largest absolute Gasteiger partial charge is 0.330 e. The van der Waals surface area contributed by atoms with E-state index in [2.05, 4.69) is 25.6 Å². The zero-order valence-electron chi connectivity index (χ0n) is 9.01. The minimum absolute atomic E-state index is 0.335. The number of rotatable bonds is 4. The van der Waals surface area contributed by atoms with E-state index in [-0.39, 0.29) is 0 Å². The second-order valence-electron chi connectivity index (χ2n) is 4.94. The molecule has 0 unspecified atom stereocenters. The molecule has 1 fully saturated rings. The van der Waals surface area contributed by atoms with Crippen molar-refractivity contribution in [3.05, 3.63) is 0 Å². The van der Waals surface area contributed by atoms with Crippen molar-refractivity contribution in [3.8, 4) is 0 Å². The van der Waals surface area contributed by atoms with Gasteiger partial charge < -0.3 is 5.73 Å². The summed E-state index contributed by atoms with van der Waals surface area (Å²) in [6.45, 7) is 5.35. The van der Waals surface area contributed by atoms with E-state index in [0.29, 0.717) is 5.41 Å². The first-order valence-electron chi connectivity index (χ1n) is 5.46. The molecule has 0 bridgehead atoms. The van der Waals surface area contributed by atoms with Crippen molar-refractivity contribution in [2.45, 2.75) is 51.2 Å². The molecule has 0 aliphatic heterocycles. The van der Waals surface area contributed by atoms with Crippen LogP contribution in [0.25, 0.3) is 0 Å². The van der Waals surface area contributed by atoms with Gasteiger partial charge in [0.05, 0.1) is 0 Å². The standard InChI is InChI=1S/C11H23NS/c1-11(2,8-12)9-13-10-6-4-3-5-7-10/h10H,3-9,12H2,1-2H3. The fourth-order valence-corrected chi connectivity index (χ4v) is 3.11. The van der Waals surface area contributed by atoms with Gasteiger partial charge in [0.25, 0.3) is 0 Å². The summed E-state index contributed by atoms with van der Waals surface area (Å²) >= 11 is 2.15. The third kappa shape index (κ3) is 4.37. The maximum atomic E-state index is 5.71. The Kier molecular flexibility index (Phi) is 4.60. The molecule has 0 aromatic rings. The summed E-state index contributed by atoms with van der Waals surface area (Å²) in [7, 11) is 0. The monoisotopic (exact) mass is 201 g/mol. The first-order chi connectivity index (χ1) is 6.14. The zero-order valence-corrected chi connectivity index (χ0v) is 9.83. The van der Waals surface area contributed by atoms with Crippen LogP contribution in [0.4, 0.5) is 0 Å². The van der Waals surface area contributed by atoms with Crippen LogP contribution in [-0.4, -0.2) is 17.5 Å². The molecule has 1 aliphatic rings. The van der Waals surface area contributed by atoms with Crippen LogP contribution in [0.2, 0.25) is 0 Å². The minimum Gasteiger partial charge on any atom is -0.330 e. The molecule has 1 saturated carbocycles. The highest BCUT2D eigenvalue weighted by molar-refractivity contribution is 7.99. The number of hydrogen-bond acceptors (Lipinski definition) is 2. The molecule has 0 spiro atoms. The lowest BCUT2D eigenvalue weighted by Crippen LogP contribution is -2.27. The highest BCUT2D eigenvalue weighted by Gasteiger charge is 2.20. The van der Waals surface area contributed by atoms with E-state index < -0.39 is 0 Å². The van der Waals surface area contributed by atoms with E-state index in [0.717, 1.165) is 11.8 Å². The Balaban J connectivity index is 2.17. The Morgan fingerprint density at radius 1 is 1.23 bits per heavy atom. The van der Waals surface area contributed by atoms with Crippen LogP contribution < -0.4 is 5.73 Å². The van der Waals surface area contributed by atoms with Gasteiger partial charge in [0.15, 0.2) is 0 Å². The quantitative estimate of drug-likeness (QED) is 0.756. The maximum Gasteiger partial charge on any atom is 0.00472 e. The molecular formula is C11H23NS. The summed E-state index contributed by atoms with van der Waals surface area (Å²) in [5.74, 6) is 1.23. The molecule has 13 heavy (non-hydrogen) atoms. The van der Waals surface area contributed by atoms with Gasteiger partial charge in [-0.1, -0.05) is 33.1 Å². The second kappa shape index (κ2) is 5.26. The molecule has 0 amide bonds. The van der Waals surface area contributed by atoms with Gasteiger partial charge >= 0.3 is 0 Å². The molecule has 0 heterocycles. The van der Waals surface area contributed by atoms with E-state index in [1.54, 1.807) is 0 Å². The average molecular weight is 201 g/mol. The van der Waals surface area contributed by atoms with Crippen LogP contribution in [-0.2, 0) is 0 Å². The zero-order chi connectivity index (χ0) is 9.73. The maximum absolute atomic E-state index is 5.71. The summed E-state index contributed by atoms with van der Waals surface area (Å²) in [6, 6.07) is 0. The van der Waals surface area contributed by atoms with Crippen LogP contribution in [0.1, 0.15) is 46.0 Å². The predicted molar refractivity (Wildman–Crippen MR) is 62.2 cm³/mol. The van der Waals surface area contributed by atoms with E-state index >= 15 is 0 Å². The number of nitrogens with two attached hydrogens (primary N) is 1. The fraction of sp³-hybridized carbons (Fsp3) is 1.00. The Labute approximate surface area is 86.8 Å². The Hall–Kier alpha value is 0.310. The number of hydrogen-bond donors (Lipinski definition) is 1. The van der Waals surface area contributed by atoms with Gasteiger partial charge in [-0.3, -0.25) is 0 Å². The van der Waals surface area contributed by atoms with Crippen LogP contribution in [0, 0.1) is 5.41 Å². The highest BCUT2D eigenvalue weighted by Crippen LogP contribution is 2.32. The molecule has 2 N–H and O–H groups in total. The lowest BCUT2D eigenvalue weighted by atomic mass is 9.97. The number of thioether (sulfide) groups is 1. The third-order valence-electron chi connectivity index (χ3n) is 2.81. The van der Waals surface area contributed by atoms with Gasteiger partial charge in [0, 0.05) is 5.25 Å². The van der Waals surface area contributed by atoms with Crippen molar-refractivity contribution in [1.29, 1.82) is 0 Å². The summed E-state index contributed by atoms with van der Waals surface area (Å²) in [4.78, 5) is 0. The molecule has 1 aliphatic carbocycles. The van der Waals surface area contributed by atoms with E-state index in [1.807, 2.05) is 0 Å². The van der Waals surface area contributed by atoms with Crippen molar-refractivity contribution in [2.75, 3.05) is 12.3 Å². The molecular weight excluding hydrogens is 178 g/mol. The van der Waals surface area contributed by atoms with Gasteiger partial charge in [0.1, 0.15) is 0 Å². The third-order valence-corrected chi connectivity index (χ3v) is 4.71. The average Bonchev–Trinajstić information content (AvgIpc) is 2.17. The van der Waals surface area contributed by atoms with Gasteiger partial charge in [-0.15, -0.1) is 0 Å². The van der Waals surface area contributed by atoms with Crippen LogP contribution >= 0.6 is 11.8 Å². The molecule has 0 saturated heterocycles. The van der Waals surface area contributed by atoms with Gasteiger partial charge in [-0.05, 0) is 30.6 Å².